The SMILES string of the molecule is CC(/C(=C\C=C(/N)c1ccccn1)c1ccc(-c2ccc(-c3nc4cc(-c5ccc(-c6ccccc6)cc5)c(-c5ccc(-c6ccccc6)cc5)cc4o3)cc2)cc1)c1ccc(-c2ccc(-c3nc4cc(-c5ccc(-c6ccccc6)cc5)c(-c5ccc(-c6ccccc6)cc5)cc4o3)cc2)cc1. The van der Waals surface area contributed by atoms with Crippen molar-refractivity contribution in [1.82, 2.24) is 15.0 Å². The molecule has 0 bridgehead atoms. The highest BCUT2D eigenvalue weighted by atomic mass is 16.4. The van der Waals surface area contributed by atoms with Gasteiger partial charge in [0, 0.05) is 23.2 Å². The van der Waals surface area contributed by atoms with Crippen LogP contribution in [0.2, 0.25) is 0 Å². The molecular weight excluding hydrogens is 1250 g/mol. The molecular formula is C97H68N4O2. The van der Waals surface area contributed by atoms with Crippen LogP contribution in [-0.4, -0.2) is 15.0 Å². The number of aromatic nitrogens is 3. The number of hydrogen-bond acceptors (Lipinski definition) is 6. The molecule has 0 radical (unpaired) electrons. The molecule has 17 rings (SSSR count). The third kappa shape index (κ3) is 13.2. The summed E-state index contributed by atoms with van der Waals surface area (Å²) in [6, 6.07) is 126. The average molecular weight is 1320 g/mol. The lowest BCUT2D eigenvalue weighted by Crippen LogP contribution is -2.00. The molecule has 3 aromatic heterocycles. The van der Waals surface area contributed by atoms with Crippen molar-refractivity contribution in [3.05, 3.63) is 393 Å². The summed E-state index contributed by atoms with van der Waals surface area (Å²) < 4.78 is 13.3. The Bertz CT molecular complexity index is 5640. The van der Waals surface area contributed by atoms with E-state index in [1.54, 1.807) is 6.20 Å². The van der Waals surface area contributed by atoms with Gasteiger partial charge in [-0.2, -0.15) is 0 Å². The maximum Gasteiger partial charge on any atom is 0.227 e. The van der Waals surface area contributed by atoms with Gasteiger partial charge in [0.1, 0.15) is 11.0 Å². The number of nitrogens with two attached hydrogens (primary N) is 1. The van der Waals surface area contributed by atoms with Crippen molar-refractivity contribution in [3.8, 4) is 134 Å². The zero-order valence-corrected chi connectivity index (χ0v) is 56.6. The van der Waals surface area contributed by atoms with Gasteiger partial charge >= 0.3 is 0 Å². The second-order valence-electron chi connectivity index (χ2n) is 26.1. The molecule has 0 fully saturated rings. The lowest BCUT2D eigenvalue weighted by molar-refractivity contribution is 0.619. The van der Waals surface area contributed by atoms with Crippen molar-refractivity contribution < 1.29 is 8.83 Å². The molecule has 14 aromatic carbocycles. The van der Waals surface area contributed by atoms with Crippen LogP contribution in [0.5, 0.6) is 0 Å². The van der Waals surface area contributed by atoms with E-state index in [0.717, 1.165) is 117 Å². The van der Waals surface area contributed by atoms with Crippen molar-refractivity contribution in [2.75, 3.05) is 0 Å². The number of fused-ring (bicyclic) bond motifs is 2. The molecule has 0 aliphatic heterocycles. The summed E-state index contributed by atoms with van der Waals surface area (Å²) in [4.78, 5) is 14.8. The van der Waals surface area contributed by atoms with Crippen molar-refractivity contribution in [2.24, 2.45) is 5.73 Å². The molecule has 0 saturated carbocycles. The normalized spacial score (nSPS) is 12.0. The molecule has 1 atom stereocenters. The quantitative estimate of drug-likeness (QED) is 0.0914. The predicted molar refractivity (Wildman–Crippen MR) is 426 cm³/mol. The van der Waals surface area contributed by atoms with E-state index < -0.39 is 0 Å². The van der Waals surface area contributed by atoms with E-state index in [4.69, 9.17) is 24.5 Å². The summed E-state index contributed by atoms with van der Waals surface area (Å²) in [5, 5.41) is 0. The van der Waals surface area contributed by atoms with Gasteiger partial charge in [0.25, 0.3) is 0 Å². The number of hydrogen-bond donors (Lipinski definition) is 1. The molecule has 2 N–H and O–H groups in total. The highest BCUT2D eigenvalue weighted by Gasteiger charge is 2.21. The van der Waals surface area contributed by atoms with Gasteiger partial charge in [0.15, 0.2) is 11.2 Å². The first-order valence-corrected chi connectivity index (χ1v) is 34.9. The molecule has 6 nitrogen and oxygen atoms in total. The Balaban J connectivity index is 0.622. The summed E-state index contributed by atoms with van der Waals surface area (Å²) in [5.74, 6) is 1.14. The summed E-state index contributed by atoms with van der Waals surface area (Å²) in [5.41, 5.74) is 38.7. The second-order valence-corrected chi connectivity index (χ2v) is 26.1. The number of pyridine rings is 1. The third-order valence-electron chi connectivity index (χ3n) is 19.7. The van der Waals surface area contributed by atoms with Crippen LogP contribution in [-0.2, 0) is 0 Å². The number of rotatable bonds is 17. The molecule has 0 aliphatic rings. The van der Waals surface area contributed by atoms with Crippen molar-refractivity contribution >= 4 is 33.5 Å². The van der Waals surface area contributed by atoms with E-state index in [2.05, 4.69) is 333 Å². The van der Waals surface area contributed by atoms with Crippen LogP contribution in [0.3, 0.4) is 0 Å². The molecule has 488 valence electrons. The number of allylic oxidation sites excluding steroid dienone is 3. The fraction of sp³-hybridized carbons (Fsp3) is 0.0206. The van der Waals surface area contributed by atoms with E-state index >= 15 is 0 Å². The fourth-order valence-corrected chi connectivity index (χ4v) is 13.9. The van der Waals surface area contributed by atoms with Gasteiger partial charge in [-0.3, -0.25) is 4.98 Å². The Hall–Kier alpha value is -13.6. The van der Waals surface area contributed by atoms with E-state index in [1.165, 1.54) is 50.1 Å². The van der Waals surface area contributed by atoms with Gasteiger partial charge in [-0.05, 0) is 195 Å². The van der Waals surface area contributed by atoms with Gasteiger partial charge < -0.3 is 14.6 Å². The molecule has 0 saturated heterocycles. The standard InChI is InChI=1S/C97H68N4O2/c1-64(65-25-27-74(28-26-65)76-39-53-83(54-40-76)96-100-92-60-86(79-45-31-70(32-46-79)66-16-6-2-7-17-66)88(62-94(92)102-96)81-49-35-72(36-50-81)68-20-10-4-11-21-68)85(57-58-90(98)91-24-14-15-59-99-91)78-43-29-75(30-44-78)77-41-55-84(56-42-77)97-101-93-61-87(80-47-33-71(34-48-80)67-18-8-3-9-19-67)89(63-95(93)103-97)82-51-37-73(38-52-82)69-22-12-5-13-23-69/h2-64H,98H2,1H3/b85-57+,90-58-. The van der Waals surface area contributed by atoms with Gasteiger partial charge in [-0.1, -0.05) is 310 Å². The molecule has 0 spiro atoms. The van der Waals surface area contributed by atoms with Crippen LogP contribution < -0.4 is 5.73 Å². The predicted octanol–water partition coefficient (Wildman–Crippen LogP) is 25.6. The molecule has 17 aromatic rings. The zero-order valence-electron chi connectivity index (χ0n) is 56.6. The van der Waals surface area contributed by atoms with Crippen LogP contribution in [0.25, 0.3) is 168 Å². The topological polar surface area (TPSA) is 91.0 Å². The van der Waals surface area contributed by atoms with Gasteiger partial charge in [-0.25, -0.2) is 9.97 Å². The van der Waals surface area contributed by atoms with Crippen LogP contribution >= 0.6 is 0 Å². The molecule has 0 amide bonds. The van der Waals surface area contributed by atoms with Gasteiger partial charge in [-0.15, -0.1) is 0 Å². The van der Waals surface area contributed by atoms with Crippen LogP contribution in [0.15, 0.2) is 385 Å². The monoisotopic (exact) mass is 1320 g/mol. The summed E-state index contributed by atoms with van der Waals surface area (Å²) in [6.45, 7) is 2.25. The van der Waals surface area contributed by atoms with Gasteiger partial charge in [0.2, 0.25) is 11.8 Å². The lowest BCUT2D eigenvalue weighted by Gasteiger charge is -2.18. The first-order valence-electron chi connectivity index (χ1n) is 34.9. The van der Waals surface area contributed by atoms with Crippen LogP contribution in [0.4, 0.5) is 0 Å². The minimum absolute atomic E-state index is 0.000631. The van der Waals surface area contributed by atoms with Crippen molar-refractivity contribution in [2.45, 2.75) is 12.8 Å². The summed E-state index contributed by atoms with van der Waals surface area (Å²) >= 11 is 0. The minimum Gasteiger partial charge on any atom is -0.436 e. The summed E-state index contributed by atoms with van der Waals surface area (Å²) in [7, 11) is 0. The van der Waals surface area contributed by atoms with Crippen molar-refractivity contribution in [1.29, 1.82) is 0 Å². The first kappa shape index (κ1) is 62.9. The van der Waals surface area contributed by atoms with Crippen LogP contribution in [0, 0.1) is 0 Å². The Morgan fingerprint density at radius 2 is 0.573 bits per heavy atom. The summed E-state index contributed by atoms with van der Waals surface area (Å²) in [6.07, 6.45) is 5.88. The number of oxazole rings is 2. The number of benzene rings is 14. The maximum atomic E-state index is 6.72. The Morgan fingerprint density at radius 3 is 0.903 bits per heavy atom. The maximum absolute atomic E-state index is 6.72. The van der Waals surface area contributed by atoms with E-state index in [0.29, 0.717) is 17.5 Å². The van der Waals surface area contributed by atoms with Gasteiger partial charge in [0.05, 0.1) is 11.4 Å². The molecule has 103 heavy (non-hydrogen) atoms. The smallest absolute Gasteiger partial charge is 0.227 e. The molecule has 3 heterocycles. The second kappa shape index (κ2) is 28.0. The zero-order chi connectivity index (χ0) is 69.0. The van der Waals surface area contributed by atoms with E-state index in [-0.39, 0.29) is 5.92 Å². The third-order valence-corrected chi connectivity index (χ3v) is 19.7. The van der Waals surface area contributed by atoms with E-state index in [1.807, 2.05) is 48.5 Å². The largest absolute Gasteiger partial charge is 0.436 e. The Labute approximate surface area is 599 Å². The van der Waals surface area contributed by atoms with Crippen LogP contribution in [0.1, 0.15) is 29.7 Å². The molecule has 1 unspecified atom stereocenters. The minimum atomic E-state index is 0.000631. The Morgan fingerprint density at radius 1 is 0.291 bits per heavy atom. The molecule has 6 heteroatoms. The van der Waals surface area contributed by atoms with Crippen molar-refractivity contribution in [3.63, 3.8) is 0 Å². The Kier molecular flexibility index (Phi) is 17.1. The lowest BCUT2D eigenvalue weighted by atomic mass is 9.86. The fourth-order valence-electron chi connectivity index (χ4n) is 13.9. The van der Waals surface area contributed by atoms with E-state index in [9.17, 15) is 0 Å². The number of nitrogens with zero attached hydrogens (tertiary/aromatic N) is 3. The first-order chi connectivity index (χ1) is 50.8. The highest BCUT2D eigenvalue weighted by molar-refractivity contribution is 5.96. The molecule has 0 aliphatic carbocycles. The average Bonchev–Trinajstić information content (AvgIpc) is 1.71. The highest BCUT2D eigenvalue weighted by Crippen LogP contribution is 2.43.